The number of para-hydroxylation sites is 3. The van der Waals surface area contributed by atoms with Crippen LogP contribution in [-0.4, -0.2) is 6.17 Å². The maximum atomic E-state index is 2.47. The van der Waals surface area contributed by atoms with E-state index in [2.05, 4.69) is 109 Å². The molecule has 2 aromatic carbocycles. The first-order chi connectivity index (χ1) is 12.1. The van der Waals surface area contributed by atoms with Crippen molar-refractivity contribution in [3.05, 3.63) is 78.0 Å². The Labute approximate surface area is 149 Å². The van der Waals surface area contributed by atoms with Crippen LogP contribution in [0.3, 0.4) is 0 Å². The molecule has 3 aromatic rings. The van der Waals surface area contributed by atoms with E-state index in [9.17, 15) is 0 Å². The van der Waals surface area contributed by atoms with E-state index in [4.69, 9.17) is 0 Å². The van der Waals surface area contributed by atoms with E-state index < -0.39 is 0 Å². The number of pyridine rings is 1. The number of hydrogen-bond acceptors (Lipinski definition) is 2. The van der Waals surface area contributed by atoms with Gasteiger partial charge in [0.25, 0.3) is 5.82 Å². The standard InChI is InChI=1S/C22H24N3/c1-16-10-9-11-17(2)22(16)25-18(3)24(19-12-5-6-13-20(19)25)21-14-7-8-15-23(21)4/h5-15,18H,1-4H3/q+1. The quantitative estimate of drug-likeness (QED) is 0.627. The average Bonchev–Trinajstić information content (AvgIpc) is 2.88. The Morgan fingerprint density at radius 2 is 1.36 bits per heavy atom. The van der Waals surface area contributed by atoms with Crippen molar-refractivity contribution in [2.45, 2.75) is 26.9 Å². The molecule has 1 aliphatic heterocycles. The lowest BCUT2D eigenvalue weighted by atomic mass is 10.1. The lowest BCUT2D eigenvalue weighted by Crippen LogP contribution is -2.43. The molecule has 126 valence electrons. The number of aromatic nitrogens is 1. The molecule has 4 rings (SSSR count). The fourth-order valence-electron chi connectivity index (χ4n) is 3.96. The largest absolute Gasteiger partial charge is 0.298 e. The molecule has 0 N–H and O–H groups in total. The summed E-state index contributed by atoms with van der Waals surface area (Å²) in [4.78, 5) is 4.88. The molecule has 1 aliphatic rings. The van der Waals surface area contributed by atoms with Crippen LogP contribution in [0.5, 0.6) is 0 Å². The third-order valence-electron chi connectivity index (χ3n) is 5.10. The van der Waals surface area contributed by atoms with Crippen molar-refractivity contribution in [2.24, 2.45) is 7.05 Å². The van der Waals surface area contributed by atoms with E-state index in [1.165, 1.54) is 34.0 Å². The van der Waals surface area contributed by atoms with Gasteiger partial charge in [-0.2, -0.15) is 0 Å². The highest BCUT2D eigenvalue weighted by molar-refractivity contribution is 5.88. The number of anilines is 4. The van der Waals surface area contributed by atoms with E-state index >= 15 is 0 Å². The van der Waals surface area contributed by atoms with Gasteiger partial charge in [0.15, 0.2) is 11.9 Å². The number of hydrogen-bond donors (Lipinski definition) is 0. The highest BCUT2D eigenvalue weighted by atomic mass is 15.4. The zero-order chi connectivity index (χ0) is 17.6. The minimum absolute atomic E-state index is 0.200. The summed E-state index contributed by atoms with van der Waals surface area (Å²) in [6.07, 6.45) is 2.30. The van der Waals surface area contributed by atoms with Crippen molar-refractivity contribution in [1.82, 2.24) is 0 Å². The summed E-state index contributed by atoms with van der Waals surface area (Å²) in [5.41, 5.74) is 6.43. The Morgan fingerprint density at radius 3 is 2.00 bits per heavy atom. The van der Waals surface area contributed by atoms with Crippen LogP contribution < -0.4 is 14.4 Å². The summed E-state index contributed by atoms with van der Waals surface area (Å²) in [5.74, 6) is 1.19. The van der Waals surface area contributed by atoms with Crippen LogP contribution in [0, 0.1) is 13.8 Å². The van der Waals surface area contributed by atoms with Gasteiger partial charge in [-0.05, 0) is 50.1 Å². The van der Waals surface area contributed by atoms with Gasteiger partial charge in [0, 0.05) is 6.07 Å². The molecule has 0 spiro atoms. The maximum absolute atomic E-state index is 2.47. The van der Waals surface area contributed by atoms with Gasteiger partial charge in [-0.25, -0.2) is 9.47 Å². The molecule has 0 radical (unpaired) electrons. The number of rotatable bonds is 2. The molecule has 1 atom stereocenters. The fraction of sp³-hybridized carbons (Fsp3) is 0.227. The van der Waals surface area contributed by atoms with Gasteiger partial charge in [-0.3, -0.25) is 4.90 Å². The highest BCUT2D eigenvalue weighted by Crippen LogP contribution is 2.48. The second kappa shape index (κ2) is 5.92. The van der Waals surface area contributed by atoms with Crippen molar-refractivity contribution in [3.63, 3.8) is 0 Å². The molecule has 1 unspecified atom stereocenters. The van der Waals surface area contributed by atoms with Crippen LogP contribution in [0.15, 0.2) is 66.9 Å². The fourth-order valence-corrected chi connectivity index (χ4v) is 3.96. The molecule has 0 aliphatic carbocycles. The predicted octanol–water partition coefficient (Wildman–Crippen LogP) is 4.76. The molecule has 2 heterocycles. The first-order valence-corrected chi connectivity index (χ1v) is 8.78. The van der Waals surface area contributed by atoms with Crippen LogP contribution in [-0.2, 0) is 7.05 Å². The molecule has 3 heteroatoms. The Bertz CT molecular complexity index is 912. The second-order valence-electron chi connectivity index (χ2n) is 6.77. The summed E-state index contributed by atoms with van der Waals surface area (Å²) in [7, 11) is 2.10. The lowest BCUT2D eigenvalue weighted by molar-refractivity contribution is -0.658. The molecule has 3 nitrogen and oxygen atoms in total. The van der Waals surface area contributed by atoms with Gasteiger partial charge >= 0.3 is 0 Å². The van der Waals surface area contributed by atoms with Gasteiger partial charge in [0.1, 0.15) is 0 Å². The smallest absolute Gasteiger partial charge is 0.283 e. The summed E-state index contributed by atoms with van der Waals surface area (Å²) < 4.78 is 2.18. The number of aryl methyl sites for hydroxylation is 3. The Balaban J connectivity index is 1.93. The normalized spacial score (nSPS) is 16.2. The van der Waals surface area contributed by atoms with Gasteiger partial charge in [-0.1, -0.05) is 36.4 Å². The average molecular weight is 330 g/mol. The van der Waals surface area contributed by atoms with E-state index in [1.807, 2.05) is 0 Å². The molecule has 0 saturated carbocycles. The van der Waals surface area contributed by atoms with Gasteiger partial charge in [0.05, 0.1) is 24.6 Å². The topological polar surface area (TPSA) is 10.4 Å². The molecule has 1 aromatic heterocycles. The predicted molar refractivity (Wildman–Crippen MR) is 104 cm³/mol. The zero-order valence-corrected chi connectivity index (χ0v) is 15.3. The summed E-state index contributed by atoms with van der Waals surface area (Å²) >= 11 is 0. The van der Waals surface area contributed by atoms with Crippen molar-refractivity contribution in [3.8, 4) is 0 Å². The first-order valence-electron chi connectivity index (χ1n) is 8.78. The Morgan fingerprint density at radius 1 is 0.760 bits per heavy atom. The summed E-state index contributed by atoms with van der Waals surface area (Å²) in [5, 5.41) is 0. The third-order valence-corrected chi connectivity index (χ3v) is 5.10. The lowest BCUT2D eigenvalue weighted by Gasteiger charge is -2.28. The number of fused-ring (bicyclic) bond motifs is 1. The monoisotopic (exact) mass is 330 g/mol. The van der Waals surface area contributed by atoms with Crippen LogP contribution in [0.4, 0.5) is 22.9 Å². The van der Waals surface area contributed by atoms with E-state index in [0.717, 1.165) is 0 Å². The van der Waals surface area contributed by atoms with Gasteiger partial charge in [-0.15, -0.1) is 0 Å². The third kappa shape index (κ3) is 2.39. The van der Waals surface area contributed by atoms with E-state index in [0.29, 0.717) is 0 Å². The summed E-state index contributed by atoms with van der Waals surface area (Å²) in [6.45, 7) is 6.67. The second-order valence-corrected chi connectivity index (χ2v) is 6.77. The molecule has 0 saturated heterocycles. The molecular weight excluding hydrogens is 306 g/mol. The zero-order valence-electron chi connectivity index (χ0n) is 15.3. The maximum Gasteiger partial charge on any atom is 0.283 e. The highest BCUT2D eigenvalue weighted by Gasteiger charge is 2.42. The minimum atomic E-state index is 0.200. The van der Waals surface area contributed by atoms with Gasteiger partial charge in [0.2, 0.25) is 0 Å². The van der Waals surface area contributed by atoms with Crippen LogP contribution >= 0.6 is 0 Å². The van der Waals surface area contributed by atoms with Crippen LogP contribution in [0.2, 0.25) is 0 Å². The Kier molecular flexibility index (Phi) is 3.72. The molecule has 25 heavy (non-hydrogen) atoms. The van der Waals surface area contributed by atoms with Crippen LogP contribution in [0.1, 0.15) is 18.1 Å². The van der Waals surface area contributed by atoms with Crippen molar-refractivity contribution in [1.29, 1.82) is 0 Å². The molecule has 0 amide bonds. The van der Waals surface area contributed by atoms with Crippen LogP contribution in [0.25, 0.3) is 0 Å². The first kappa shape index (κ1) is 15.7. The van der Waals surface area contributed by atoms with Crippen molar-refractivity contribution >= 4 is 22.9 Å². The number of benzene rings is 2. The van der Waals surface area contributed by atoms with E-state index in [-0.39, 0.29) is 6.17 Å². The van der Waals surface area contributed by atoms with Gasteiger partial charge < -0.3 is 0 Å². The molecule has 0 fully saturated rings. The summed E-state index contributed by atoms with van der Waals surface area (Å²) in [6, 6.07) is 21.6. The van der Waals surface area contributed by atoms with Crippen molar-refractivity contribution < 1.29 is 4.57 Å². The van der Waals surface area contributed by atoms with Crippen molar-refractivity contribution in [2.75, 3.05) is 9.80 Å². The Hall–Kier alpha value is -2.81. The number of nitrogens with zero attached hydrogens (tertiary/aromatic N) is 3. The molecule has 0 bridgehead atoms. The minimum Gasteiger partial charge on any atom is -0.298 e. The molecular formula is C22H24N3+. The van der Waals surface area contributed by atoms with E-state index in [1.54, 1.807) is 0 Å². The SMILES string of the molecule is Cc1cccc(C)c1N1c2ccccc2N(c2cccc[n+]2C)C1C.